The molecule has 1 aliphatic rings. The molecule has 0 amide bonds. The molecule has 1 saturated heterocycles. The van der Waals surface area contributed by atoms with E-state index >= 15 is 0 Å². The van der Waals surface area contributed by atoms with Crippen molar-refractivity contribution < 1.29 is 0 Å². The molecule has 84 valence electrons. The van der Waals surface area contributed by atoms with E-state index in [2.05, 4.69) is 16.1 Å². The summed E-state index contributed by atoms with van der Waals surface area (Å²) in [6.07, 6.45) is 5.57. The Morgan fingerprint density at radius 1 is 1.47 bits per heavy atom. The van der Waals surface area contributed by atoms with Gasteiger partial charge in [-0.3, -0.25) is 4.68 Å². The zero-order valence-corrected chi connectivity index (χ0v) is 9.39. The fraction of sp³-hybridized carbons (Fsp3) is 0.727. The van der Waals surface area contributed by atoms with Gasteiger partial charge in [-0.05, 0) is 31.7 Å². The number of aromatic nitrogens is 2. The smallest absolute Gasteiger partial charge is 0.126 e. The molecule has 15 heavy (non-hydrogen) atoms. The molecule has 0 saturated carbocycles. The zero-order valence-electron chi connectivity index (χ0n) is 9.39. The zero-order chi connectivity index (χ0) is 10.7. The Balaban J connectivity index is 1.91. The molecule has 0 atom stereocenters. The van der Waals surface area contributed by atoms with Crippen molar-refractivity contribution in [3.63, 3.8) is 0 Å². The quantitative estimate of drug-likeness (QED) is 0.805. The van der Waals surface area contributed by atoms with Gasteiger partial charge < -0.3 is 10.6 Å². The number of hydrogen-bond acceptors (Lipinski definition) is 3. The minimum absolute atomic E-state index is 0.830. The van der Waals surface area contributed by atoms with Crippen molar-refractivity contribution >= 4 is 5.82 Å². The predicted octanol–water partition coefficient (Wildman–Crippen LogP) is 0.985. The Morgan fingerprint density at radius 2 is 2.20 bits per heavy atom. The van der Waals surface area contributed by atoms with Crippen LogP contribution in [0.2, 0.25) is 0 Å². The number of piperidine rings is 1. The van der Waals surface area contributed by atoms with E-state index in [-0.39, 0.29) is 0 Å². The largest absolute Gasteiger partial charge is 0.357 e. The van der Waals surface area contributed by atoms with E-state index in [1.807, 2.05) is 17.9 Å². The SMILES string of the molecule is Cn1nccc1N1CCC(CCN)CC1. The van der Waals surface area contributed by atoms with Crippen LogP contribution in [0.1, 0.15) is 19.3 Å². The standard InChI is InChI=1S/C11H20N4/c1-14-11(3-7-13-14)15-8-4-10(2-6-12)5-9-15/h3,7,10H,2,4-6,8-9,12H2,1H3. The fourth-order valence-corrected chi connectivity index (χ4v) is 2.36. The van der Waals surface area contributed by atoms with E-state index in [0.29, 0.717) is 0 Å². The van der Waals surface area contributed by atoms with Crippen LogP contribution >= 0.6 is 0 Å². The monoisotopic (exact) mass is 208 g/mol. The lowest BCUT2D eigenvalue weighted by molar-refractivity contribution is 0.383. The molecule has 0 unspecified atom stereocenters. The summed E-state index contributed by atoms with van der Waals surface area (Å²) >= 11 is 0. The van der Waals surface area contributed by atoms with Gasteiger partial charge in [0.25, 0.3) is 0 Å². The molecule has 0 aromatic carbocycles. The summed E-state index contributed by atoms with van der Waals surface area (Å²) in [4.78, 5) is 2.42. The average Bonchev–Trinajstić information content (AvgIpc) is 2.66. The summed E-state index contributed by atoms with van der Waals surface area (Å²) in [5.74, 6) is 2.07. The average molecular weight is 208 g/mol. The first-order chi connectivity index (χ1) is 7.31. The van der Waals surface area contributed by atoms with Crippen LogP contribution < -0.4 is 10.6 Å². The Hall–Kier alpha value is -1.03. The molecule has 1 aromatic rings. The van der Waals surface area contributed by atoms with Crippen molar-refractivity contribution in [1.29, 1.82) is 0 Å². The van der Waals surface area contributed by atoms with Gasteiger partial charge in [-0.2, -0.15) is 5.10 Å². The van der Waals surface area contributed by atoms with Crippen molar-refractivity contribution in [1.82, 2.24) is 9.78 Å². The molecule has 4 nitrogen and oxygen atoms in total. The number of anilines is 1. The molecule has 0 radical (unpaired) electrons. The lowest BCUT2D eigenvalue weighted by Gasteiger charge is -2.33. The lowest BCUT2D eigenvalue weighted by Crippen LogP contribution is -2.35. The van der Waals surface area contributed by atoms with E-state index < -0.39 is 0 Å². The number of aryl methyl sites for hydroxylation is 1. The van der Waals surface area contributed by atoms with E-state index in [4.69, 9.17) is 5.73 Å². The first kappa shape index (κ1) is 10.5. The maximum atomic E-state index is 5.58. The highest BCUT2D eigenvalue weighted by molar-refractivity contribution is 5.38. The number of rotatable bonds is 3. The molecular weight excluding hydrogens is 188 g/mol. The molecule has 4 heteroatoms. The van der Waals surface area contributed by atoms with Gasteiger partial charge in [0.05, 0.1) is 6.20 Å². The van der Waals surface area contributed by atoms with Gasteiger partial charge in [-0.1, -0.05) is 0 Å². The molecule has 0 spiro atoms. The molecule has 2 rings (SSSR count). The maximum Gasteiger partial charge on any atom is 0.126 e. The molecule has 1 aliphatic heterocycles. The molecular formula is C11H20N4. The molecule has 0 bridgehead atoms. The van der Waals surface area contributed by atoms with Gasteiger partial charge in [0, 0.05) is 26.2 Å². The number of hydrogen-bond donors (Lipinski definition) is 1. The van der Waals surface area contributed by atoms with Crippen molar-refractivity contribution in [3.05, 3.63) is 12.3 Å². The van der Waals surface area contributed by atoms with Gasteiger partial charge in [-0.15, -0.1) is 0 Å². The third-order valence-electron chi connectivity index (χ3n) is 3.31. The second-order valence-corrected chi connectivity index (χ2v) is 4.32. The Bertz CT molecular complexity index is 299. The Kier molecular flexibility index (Phi) is 3.26. The number of nitrogens with two attached hydrogens (primary N) is 1. The second kappa shape index (κ2) is 4.66. The van der Waals surface area contributed by atoms with Gasteiger partial charge in [-0.25, -0.2) is 0 Å². The molecule has 2 heterocycles. The fourth-order valence-electron chi connectivity index (χ4n) is 2.36. The summed E-state index contributed by atoms with van der Waals surface area (Å²) in [5.41, 5.74) is 5.58. The van der Waals surface area contributed by atoms with Crippen LogP contribution in [0.4, 0.5) is 5.82 Å². The third kappa shape index (κ3) is 2.31. The first-order valence-electron chi connectivity index (χ1n) is 5.74. The van der Waals surface area contributed by atoms with Crippen LogP contribution in [0.25, 0.3) is 0 Å². The highest BCUT2D eigenvalue weighted by Crippen LogP contribution is 2.23. The lowest BCUT2D eigenvalue weighted by atomic mass is 9.94. The van der Waals surface area contributed by atoms with E-state index in [1.54, 1.807) is 0 Å². The van der Waals surface area contributed by atoms with Gasteiger partial charge in [0.2, 0.25) is 0 Å². The normalized spacial score (nSPS) is 18.4. The molecule has 0 aliphatic carbocycles. The molecule has 1 fully saturated rings. The minimum Gasteiger partial charge on any atom is -0.357 e. The minimum atomic E-state index is 0.830. The topological polar surface area (TPSA) is 47.1 Å². The first-order valence-corrected chi connectivity index (χ1v) is 5.74. The predicted molar refractivity (Wildman–Crippen MR) is 61.8 cm³/mol. The van der Waals surface area contributed by atoms with Gasteiger partial charge >= 0.3 is 0 Å². The summed E-state index contributed by atoms with van der Waals surface area (Å²) in [5, 5.41) is 4.20. The summed E-state index contributed by atoms with van der Waals surface area (Å²) in [6.45, 7) is 3.12. The summed E-state index contributed by atoms with van der Waals surface area (Å²) in [7, 11) is 2.00. The van der Waals surface area contributed by atoms with Crippen LogP contribution in [-0.4, -0.2) is 29.4 Å². The maximum absolute atomic E-state index is 5.58. The second-order valence-electron chi connectivity index (χ2n) is 4.32. The molecule has 1 aromatic heterocycles. The van der Waals surface area contributed by atoms with Crippen LogP contribution in [-0.2, 0) is 7.05 Å². The van der Waals surface area contributed by atoms with E-state index in [9.17, 15) is 0 Å². The van der Waals surface area contributed by atoms with Crippen molar-refractivity contribution in [3.8, 4) is 0 Å². The van der Waals surface area contributed by atoms with E-state index in [0.717, 1.165) is 25.6 Å². The van der Waals surface area contributed by atoms with E-state index in [1.165, 1.54) is 25.1 Å². The summed E-state index contributed by atoms with van der Waals surface area (Å²) in [6, 6.07) is 2.09. The highest BCUT2D eigenvalue weighted by Gasteiger charge is 2.20. The van der Waals surface area contributed by atoms with Crippen LogP contribution in [0, 0.1) is 5.92 Å². The molecule has 2 N–H and O–H groups in total. The summed E-state index contributed by atoms with van der Waals surface area (Å²) < 4.78 is 1.95. The van der Waals surface area contributed by atoms with Crippen LogP contribution in [0.3, 0.4) is 0 Å². The Labute approximate surface area is 91.1 Å². The van der Waals surface area contributed by atoms with Crippen molar-refractivity contribution in [2.24, 2.45) is 18.7 Å². The van der Waals surface area contributed by atoms with Crippen molar-refractivity contribution in [2.75, 3.05) is 24.5 Å². The van der Waals surface area contributed by atoms with Crippen LogP contribution in [0.15, 0.2) is 12.3 Å². The van der Waals surface area contributed by atoms with Crippen molar-refractivity contribution in [2.45, 2.75) is 19.3 Å². The van der Waals surface area contributed by atoms with Gasteiger partial charge in [0.1, 0.15) is 5.82 Å². The van der Waals surface area contributed by atoms with Crippen LogP contribution in [0.5, 0.6) is 0 Å². The number of nitrogens with zero attached hydrogens (tertiary/aromatic N) is 3. The van der Waals surface area contributed by atoms with Gasteiger partial charge in [0.15, 0.2) is 0 Å². The Morgan fingerprint density at radius 3 is 2.73 bits per heavy atom. The highest BCUT2D eigenvalue weighted by atomic mass is 15.4. The third-order valence-corrected chi connectivity index (χ3v) is 3.31.